The number of hydrogen-bond acceptors (Lipinski definition) is 17. The standard InChI is InChI=1S/C37H57FN6O13P2SSi2/c1-22(2)61(49,23(3)4)57-62(24(5)6,25(7)8)56-33-30(18-45)53-37(44-17-28(38)32-35(44)42-21-43(9)36(32)46)34(33)55-59(60,50-14-10-12-39)51-19-26-15-27(16-29(26)54-58(47)48)52-31-11-13-40-20-41-31/h11,13,17,20-27,29-30,33-34,37,45,49H,10,14-16,18-19H2,1-9H3/p+1/t26-,27-,29+,30-,33-,34+,37-,59?/m1/s1. The van der Waals surface area contributed by atoms with E-state index in [9.17, 15) is 29.4 Å². The lowest BCUT2D eigenvalue weighted by atomic mass is 10.1. The van der Waals surface area contributed by atoms with Crippen molar-refractivity contribution >= 4 is 54.9 Å². The van der Waals surface area contributed by atoms with Crippen LogP contribution in [0.15, 0.2) is 35.9 Å². The monoisotopic (exact) mass is 963 g/mol. The maximum Gasteiger partial charge on any atom is 0.695 e. The SMILES string of the molecule is CC(C)[Si](O)(O[Si](O[C@H]1[C@H](OP(=S)(OCCC#N)OC[C@H]2C[C@@H](Oc3ccncn3)C[C@@H]2O[P+](=O)O)[C@H](n2cc(F)c3c(=O)n(C)cnc32)O[C@@H]1CO)(C(C)C)C(C)C)C(C)C. The highest BCUT2D eigenvalue weighted by atomic mass is 32.5. The maximum atomic E-state index is 15.8. The van der Waals surface area contributed by atoms with E-state index in [-0.39, 0.29) is 65.7 Å². The van der Waals surface area contributed by atoms with Gasteiger partial charge < -0.3 is 46.1 Å². The van der Waals surface area contributed by atoms with Crippen molar-refractivity contribution in [2.75, 3.05) is 19.8 Å². The minimum Gasteiger partial charge on any atom is -0.474 e. The van der Waals surface area contributed by atoms with Crippen molar-refractivity contribution in [3.8, 4) is 11.9 Å². The molecule has 0 aromatic carbocycles. The summed E-state index contributed by atoms with van der Waals surface area (Å²) in [5.74, 6) is -1.19. The van der Waals surface area contributed by atoms with Crippen LogP contribution < -0.4 is 10.3 Å². The van der Waals surface area contributed by atoms with Crippen molar-refractivity contribution in [2.24, 2.45) is 13.0 Å². The quantitative estimate of drug-likeness (QED) is 0.0601. The third-order valence-electron chi connectivity index (χ3n) is 11.3. The van der Waals surface area contributed by atoms with Crippen molar-refractivity contribution in [2.45, 2.75) is 134 Å². The van der Waals surface area contributed by atoms with Crippen LogP contribution in [0, 0.1) is 23.1 Å². The minimum absolute atomic E-state index is 0.0891. The molecule has 0 bridgehead atoms. The molecule has 1 aliphatic carbocycles. The predicted molar refractivity (Wildman–Crippen MR) is 231 cm³/mol. The number of aromatic nitrogens is 5. The molecule has 1 saturated heterocycles. The van der Waals surface area contributed by atoms with Gasteiger partial charge in [0.05, 0.1) is 38.6 Å². The first-order chi connectivity index (χ1) is 29.2. The fourth-order valence-electron chi connectivity index (χ4n) is 7.99. The highest BCUT2D eigenvalue weighted by Gasteiger charge is 2.60. The van der Waals surface area contributed by atoms with Gasteiger partial charge in [0, 0.05) is 42.4 Å². The molecule has 5 rings (SSSR count). The molecule has 19 nitrogen and oxygen atoms in total. The van der Waals surface area contributed by atoms with Crippen LogP contribution >= 0.6 is 15.0 Å². The Kier molecular flexibility index (Phi) is 17.3. The number of nitrogens with zero attached hydrogens (tertiary/aromatic N) is 6. The Hall–Kier alpha value is -2.50. The Balaban J connectivity index is 1.60. The zero-order chi connectivity index (χ0) is 45.7. The fraction of sp³-hybridized carbons (Fsp3) is 0.703. The van der Waals surface area contributed by atoms with E-state index in [0.29, 0.717) is 5.88 Å². The van der Waals surface area contributed by atoms with Crippen molar-refractivity contribution < 1.29 is 59.9 Å². The van der Waals surface area contributed by atoms with Gasteiger partial charge in [-0.25, -0.2) is 19.3 Å². The summed E-state index contributed by atoms with van der Waals surface area (Å²) >= 11 is 6.08. The summed E-state index contributed by atoms with van der Waals surface area (Å²) in [7, 11) is -8.76. The maximum absolute atomic E-state index is 15.8. The second-order valence-electron chi connectivity index (χ2n) is 16.7. The molecule has 62 heavy (non-hydrogen) atoms. The molecule has 25 heteroatoms. The largest absolute Gasteiger partial charge is 0.695 e. The zero-order valence-corrected chi connectivity index (χ0v) is 40.9. The number of aliphatic hydroxyl groups excluding tert-OH is 1. The van der Waals surface area contributed by atoms with Crippen LogP contribution in [0.25, 0.3) is 11.0 Å². The van der Waals surface area contributed by atoms with Gasteiger partial charge in [0.2, 0.25) is 5.88 Å². The third-order valence-corrected chi connectivity index (χ3v) is 23.9. The Morgan fingerprint density at radius 1 is 1.10 bits per heavy atom. The molecule has 344 valence electrons. The second kappa shape index (κ2) is 21.2. The van der Waals surface area contributed by atoms with Crippen LogP contribution in [0.3, 0.4) is 0 Å². The average molecular weight is 964 g/mol. The van der Waals surface area contributed by atoms with Gasteiger partial charge in [0.15, 0.2) is 17.7 Å². The van der Waals surface area contributed by atoms with Crippen molar-refractivity contribution in [3.63, 3.8) is 0 Å². The van der Waals surface area contributed by atoms with Gasteiger partial charge >= 0.3 is 32.1 Å². The minimum atomic E-state index is -4.06. The van der Waals surface area contributed by atoms with Gasteiger partial charge in [-0.15, -0.1) is 9.42 Å². The first-order valence-corrected chi connectivity index (χ1v) is 28.1. The van der Waals surface area contributed by atoms with Gasteiger partial charge in [-0.05, 0) is 40.4 Å². The van der Waals surface area contributed by atoms with E-state index in [0.717, 1.165) is 10.8 Å². The van der Waals surface area contributed by atoms with Gasteiger partial charge in [-0.1, -0.05) is 55.4 Å². The first kappa shape index (κ1) is 50.5. The summed E-state index contributed by atoms with van der Waals surface area (Å²) in [6.07, 6.45) is -1.03. The number of aliphatic hydroxyl groups is 1. The Morgan fingerprint density at radius 2 is 1.79 bits per heavy atom. The molecule has 2 fully saturated rings. The van der Waals surface area contributed by atoms with Crippen molar-refractivity contribution in [1.29, 1.82) is 5.26 Å². The molecule has 9 atom stereocenters. The Morgan fingerprint density at radius 3 is 2.37 bits per heavy atom. The molecule has 0 spiro atoms. The molecule has 1 saturated carbocycles. The number of fused-ring (bicyclic) bond motifs is 1. The van der Waals surface area contributed by atoms with Gasteiger partial charge in [-0.2, -0.15) is 5.26 Å². The van der Waals surface area contributed by atoms with Gasteiger partial charge in [-0.3, -0.25) is 9.32 Å². The number of ether oxygens (including phenoxy) is 2. The highest BCUT2D eigenvalue weighted by molar-refractivity contribution is 8.07. The lowest BCUT2D eigenvalue weighted by Gasteiger charge is -2.47. The van der Waals surface area contributed by atoms with E-state index in [1.807, 2.05) is 61.5 Å². The van der Waals surface area contributed by atoms with Crippen LogP contribution in [0.1, 0.15) is 80.9 Å². The number of aryl methyl sites for hydroxylation is 1. The molecule has 2 aliphatic rings. The summed E-state index contributed by atoms with van der Waals surface area (Å²) in [6, 6.07) is 3.58. The van der Waals surface area contributed by atoms with Crippen LogP contribution in [0.5, 0.6) is 5.88 Å². The highest BCUT2D eigenvalue weighted by Crippen LogP contribution is 2.57. The van der Waals surface area contributed by atoms with Crippen LogP contribution in [-0.2, 0) is 54.8 Å². The molecule has 0 radical (unpaired) electrons. The molecule has 3 aromatic rings. The van der Waals surface area contributed by atoms with E-state index in [4.69, 9.17) is 47.9 Å². The zero-order valence-electron chi connectivity index (χ0n) is 36.3. The summed E-state index contributed by atoms with van der Waals surface area (Å²) in [5, 5.41) is 20.1. The van der Waals surface area contributed by atoms with Crippen LogP contribution in [0.2, 0.25) is 22.2 Å². The third kappa shape index (κ3) is 11.1. The number of halogens is 1. The molecule has 2 unspecified atom stereocenters. The summed E-state index contributed by atoms with van der Waals surface area (Å²) < 4.78 is 81.6. The van der Waals surface area contributed by atoms with Crippen LogP contribution in [-0.4, -0.2) is 106 Å². The molecule has 4 heterocycles. The van der Waals surface area contributed by atoms with E-state index >= 15 is 4.39 Å². The number of hydrogen-bond donors (Lipinski definition) is 3. The summed E-state index contributed by atoms with van der Waals surface area (Å²) in [6.45, 7) is 10.2. The lowest BCUT2D eigenvalue weighted by Crippen LogP contribution is -2.62. The smallest absolute Gasteiger partial charge is 0.474 e. The van der Waals surface area contributed by atoms with Crippen molar-refractivity contribution in [1.82, 2.24) is 24.1 Å². The Labute approximate surface area is 368 Å². The summed E-state index contributed by atoms with van der Waals surface area (Å²) in [5.41, 5.74) is -1.79. The van der Waals surface area contributed by atoms with E-state index in [2.05, 4.69) is 15.0 Å². The first-order valence-electron chi connectivity index (χ1n) is 20.5. The Bertz CT molecular complexity index is 2140. The second-order valence-corrected chi connectivity index (χ2v) is 29.0. The predicted octanol–water partition coefficient (Wildman–Crippen LogP) is 5.92. The molecular formula is C37H58FN6O13P2SSi2+. The molecular weight excluding hydrogens is 906 g/mol. The van der Waals surface area contributed by atoms with E-state index in [1.165, 1.54) is 30.5 Å². The van der Waals surface area contributed by atoms with Gasteiger partial charge in [0.1, 0.15) is 42.2 Å². The summed E-state index contributed by atoms with van der Waals surface area (Å²) in [4.78, 5) is 47.6. The number of rotatable bonds is 22. The van der Waals surface area contributed by atoms with Crippen molar-refractivity contribution in [3.05, 3.63) is 47.3 Å². The van der Waals surface area contributed by atoms with E-state index < -0.39 is 92.7 Å². The topological polar surface area (TPSA) is 241 Å². The fourth-order valence-corrected chi connectivity index (χ4v) is 20.5. The number of nitriles is 1. The molecule has 3 N–H and O–H groups in total. The van der Waals surface area contributed by atoms with Gasteiger partial charge in [0.25, 0.3) is 5.56 Å². The van der Waals surface area contributed by atoms with E-state index in [1.54, 1.807) is 6.07 Å². The average Bonchev–Trinajstić information content (AvgIpc) is 3.86. The molecule has 3 aromatic heterocycles. The lowest BCUT2D eigenvalue weighted by molar-refractivity contribution is -0.0508. The molecule has 1 aliphatic heterocycles. The van der Waals surface area contributed by atoms with Crippen LogP contribution in [0.4, 0.5) is 4.39 Å². The normalized spacial score (nSPS) is 24.7. The molecule has 0 amide bonds.